The molecule has 72 valence electrons. The predicted molar refractivity (Wildman–Crippen MR) is 36.3 cm³/mol. The van der Waals surface area contributed by atoms with Gasteiger partial charge in [0.05, 0.1) is 0 Å². The van der Waals surface area contributed by atoms with E-state index < -0.39 is 34.0 Å². The number of halogens is 5. The van der Waals surface area contributed by atoms with Crippen molar-refractivity contribution in [2.45, 2.75) is 4.90 Å². The summed E-state index contributed by atoms with van der Waals surface area (Å²) < 4.78 is 62.2. The molecule has 0 bridgehead atoms. The molecule has 2 N–H and O–H groups in total. The molecule has 0 atom stereocenters. The van der Waals surface area contributed by atoms with E-state index >= 15 is 0 Å². The second-order valence-electron chi connectivity index (χ2n) is 2.02. The predicted octanol–water partition coefficient (Wildman–Crippen LogP) is 2.35. The molecule has 1 nitrogen and oxygen atoms in total. The van der Waals surface area contributed by atoms with Crippen molar-refractivity contribution in [3.05, 3.63) is 29.1 Å². The van der Waals surface area contributed by atoms with E-state index in [1.165, 1.54) is 0 Å². The van der Waals surface area contributed by atoms with Gasteiger partial charge in [-0.3, -0.25) is 5.14 Å². The molecule has 0 unspecified atom stereocenters. The zero-order valence-corrected chi connectivity index (χ0v) is 6.69. The summed E-state index contributed by atoms with van der Waals surface area (Å²) in [5.74, 6) is -10.0. The average Bonchev–Trinajstić information content (AvgIpc) is 2.13. The Morgan fingerprint density at radius 1 is 0.692 bits per heavy atom. The standard InChI is InChI=1S/C6H2F5NS/c7-1-2(8)4(10)6(13-12)5(11)3(1)9/h12H2. The molecule has 1 rings (SSSR count). The Labute approximate surface area is 73.9 Å². The summed E-state index contributed by atoms with van der Waals surface area (Å²) in [6.45, 7) is 0. The van der Waals surface area contributed by atoms with E-state index in [-0.39, 0.29) is 11.9 Å². The van der Waals surface area contributed by atoms with Crippen LogP contribution in [0.3, 0.4) is 0 Å². The van der Waals surface area contributed by atoms with Gasteiger partial charge >= 0.3 is 0 Å². The van der Waals surface area contributed by atoms with E-state index in [2.05, 4.69) is 0 Å². The highest BCUT2D eigenvalue weighted by molar-refractivity contribution is 7.97. The molecule has 13 heavy (non-hydrogen) atoms. The largest absolute Gasteiger partial charge is 0.273 e. The third-order valence-corrected chi connectivity index (χ3v) is 1.88. The molecule has 0 spiro atoms. The molecule has 0 aliphatic rings. The van der Waals surface area contributed by atoms with Gasteiger partial charge < -0.3 is 0 Å². The van der Waals surface area contributed by atoms with Crippen LogP contribution in [-0.4, -0.2) is 0 Å². The lowest BCUT2D eigenvalue weighted by atomic mass is 10.3. The highest BCUT2D eigenvalue weighted by Crippen LogP contribution is 2.27. The van der Waals surface area contributed by atoms with Gasteiger partial charge in [-0.05, 0) is 11.9 Å². The molecule has 7 heteroatoms. The molecule has 0 fully saturated rings. The van der Waals surface area contributed by atoms with E-state index in [9.17, 15) is 22.0 Å². The Hall–Kier alpha value is -0.820. The lowest BCUT2D eigenvalue weighted by molar-refractivity contribution is 0.361. The van der Waals surface area contributed by atoms with E-state index in [1.54, 1.807) is 0 Å². The third-order valence-electron chi connectivity index (χ3n) is 1.29. The van der Waals surface area contributed by atoms with Crippen LogP contribution < -0.4 is 5.14 Å². The second kappa shape index (κ2) is 3.51. The fraction of sp³-hybridized carbons (Fsp3) is 0. The normalized spacial score (nSPS) is 10.6. The summed E-state index contributed by atoms with van der Waals surface area (Å²) in [6.07, 6.45) is 0. The number of benzene rings is 1. The maximum absolute atomic E-state index is 12.6. The van der Waals surface area contributed by atoms with Crippen molar-refractivity contribution in [3.63, 3.8) is 0 Å². The molecular formula is C6H2F5NS. The Morgan fingerprint density at radius 2 is 1.00 bits per heavy atom. The molecular weight excluding hydrogens is 213 g/mol. The van der Waals surface area contributed by atoms with Gasteiger partial charge in [-0.2, -0.15) is 0 Å². The summed E-state index contributed by atoms with van der Waals surface area (Å²) >= 11 is -0.0376. The van der Waals surface area contributed by atoms with Crippen LogP contribution >= 0.6 is 11.9 Å². The van der Waals surface area contributed by atoms with Gasteiger partial charge in [0.1, 0.15) is 4.90 Å². The van der Waals surface area contributed by atoms with Gasteiger partial charge in [0, 0.05) is 0 Å². The first-order valence-electron chi connectivity index (χ1n) is 2.88. The van der Waals surface area contributed by atoms with Crippen LogP contribution in [0.1, 0.15) is 0 Å². The van der Waals surface area contributed by atoms with Crippen molar-refractivity contribution >= 4 is 11.9 Å². The zero-order chi connectivity index (χ0) is 10.2. The molecule has 0 heterocycles. The van der Waals surface area contributed by atoms with Crippen LogP contribution in [0.4, 0.5) is 22.0 Å². The fourth-order valence-electron chi connectivity index (χ4n) is 0.688. The van der Waals surface area contributed by atoms with Crippen LogP contribution in [-0.2, 0) is 0 Å². The van der Waals surface area contributed by atoms with Gasteiger partial charge in [0.2, 0.25) is 5.82 Å². The molecule has 0 saturated heterocycles. The highest BCUT2D eigenvalue weighted by Gasteiger charge is 2.25. The van der Waals surface area contributed by atoms with Crippen molar-refractivity contribution in [1.82, 2.24) is 0 Å². The first-order chi connectivity index (χ1) is 6.00. The van der Waals surface area contributed by atoms with Gasteiger partial charge in [0.25, 0.3) is 0 Å². The van der Waals surface area contributed by atoms with Crippen LogP contribution in [0.5, 0.6) is 0 Å². The van der Waals surface area contributed by atoms with Crippen molar-refractivity contribution < 1.29 is 22.0 Å². The minimum atomic E-state index is -2.19. The number of hydrogen-bond acceptors (Lipinski definition) is 2. The van der Waals surface area contributed by atoms with E-state index in [0.717, 1.165) is 0 Å². The van der Waals surface area contributed by atoms with Gasteiger partial charge in [-0.1, -0.05) is 0 Å². The third kappa shape index (κ3) is 1.49. The molecule has 0 radical (unpaired) electrons. The minimum absolute atomic E-state index is 0.0376. The zero-order valence-electron chi connectivity index (χ0n) is 5.88. The van der Waals surface area contributed by atoms with Crippen molar-refractivity contribution in [2.75, 3.05) is 0 Å². The number of hydrogen-bond donors (Lipinski definition) is 1. The first kappa shape index (κ1) is 10.3. The maximum atomic E-state index is 12.6. The van der Waals surface area contributed by atoms with Gasteiger partial charge in [-0.15, -0.1) is 0 Å². The fourth-order valence-corrected chi connectivity index (χ4v) is 1.07. The molecule has 1 aromatic carbocycles. The molecule has 0 saturated carbocycles. The molecule has 0 aliphatic heterocycles. The monoisotopic (exact) mass is 215 g/mol. The summed E-state index contributed by atoms with van der Waals surface area (Å²) in [4.78, 5) is -1.09. The smallest absolute Gasteiger partial charge is 0.200 e. The lowest BCUT2D eigenvalue weighted by Gasteiger charge is -2.03. The van der Waals surface area contributed by atoms with Crippen LogP contribution in [0.2, 0.25) is 0 Å². The Morgan fingerprint density at radius 3 is 1.31 bits per heavy atom. The van der Waals surface area contributed by atoms with E-state index in [1.807, 2.05) is 0 Å². The second-order valence-corrected chi connectivity index (χ2v) is 2.66. The summed E-state index contributed by atoms with van der Waals surface area (Å²) in [5.41, 5.74) is 0. The van der Waals surface area contributed by atoms with Crippen LogP contribution in [0.15, 0.2) is 4.90 Å². The van der Waals surface area contributed by atoms with Crippen LogP contribution in [0, 0.1) is 29.1 Å². The number of rotatable bonds is 1. The minimum Gasteiger partial charge on any atom is -0.273 e. The van der Waals surface area contributed by atoms with Crippen molar-refractivity contribution in [2.24, 2.45) is 5.14 Å². The average molecular weight is 215 g/mol. The van der Waals surface area contributed by atoms with Gasteiger partial charge in [0.15, 0.2) is 23.3 Å². The molecule has 0 aromatic heterocycles. The van der Waals surface area contributed by atoms with E-state index in [4.69, 9.17) is 5.14 Å². The quantitative estimate of drug-likeness (QED) is 0.337. The summed E-state index contributed by atoms with van der Waals surface area (Å²) in [7, 11) is 0. The van der Waals surface area contributed by atoms with Crippen molar-refractivity contribution in [1.29, 1.82) is 0 Å². The van der Waals surface area contributed by atoms with E-state index in [0.29, 0.717) is 0 Å². The summed E-state index contributed by atoms with van der Waals surface area (Å²) in [6, 6.07) is 0. The Balaban J connectivity index is 3.56. The first-order valence-corrected chi connectivity index (χ1v) is 3.76. The molecule has 0 amide bonds. The van der Waals surface area contributed by atoms with Crippen LogP contribution in [0.25, 0.3) is 0 Å². The topological polar surface area (TPSA) is 26.0 Å². The highest BCUT2D eigenvalue weighted by atomic mass is 32.2. The maximum Gasteiger partial charge on any atom is 0.200 e. The molecule has 1 aromatic rings. The Bertz CT molecular complexity index is 324. The SMILES string of the molecule is NSc1c(F)c(F)c(F)c(F)c1F. The summed E-state index contributed by atoms with van der Waals surface area (Å²) in [5, 5.41) is 4.72. The number of nitrogens with two attached hydrogens (primary N) is 1. The van der Waals surface area contributed by atoms with Crippen molar-refractivity contribution in [3.8, 4) is 0 Å². The lowest BCUT2D eigenvalue weighted by Crippen LogP contribution is -2.04. The molecule has 0 aliphatic carbocycles. The Kier molecular flexibility index (Phi) is 2.77. The van der Waals surface area contributed by atoms with Gasteiger partial charge in [-0.25, -0.2) is 22.0 Å².